The van der Waals surface area contributed by atoms with Crippen molar-refractivity contribution in [1.29, 1.82) is 0 Å². The van der Waals surface area contributed by atoms with Gasteiger partial charge in [0.15, 0.2) is 12.4 Å². The van der Waals surface area contributed by atoms with E-state index in [0.29, 0.717) is 11.4 Å². The van der Waals surface area contributed by atoms with Crippen LogP contribution >= 0.6 is 0 Å². The summed E-state index contributed by atoms with van der Waals surface area (Å²) in [6, 6.07) is 17.0. The van der Waals surface area contributed by atoms with Crippen molar-refractivity contribution in [3.8, 4) is 17.0 Å². The third-order valence-electron chi connectivity index (χ3n) is 4.71. The summed E-state index contributed by atoms with van der Waals surface area (Å²) in [5.41, 5.74) is 2.34. The van der Waals surface area contributed by atoms with Gasteiger partial charge in [0.2, 0.25) is 0 Å². The summed E-state index contributed by atoms with van der Waals surface area (Å²) in [4.78, 5) is 14.3. The van der Waals surface area contributed by atoms with Crippen LogP contribution in [0, 0.1) is 5.82 Å². The van der Waals surface area contributed by atoms with E-state index in [-0.39, 0.29) is 12.5 Å². The minimum atomic E-state index is -0.407. The molecule has 6 nitrogen and oxygen atoms in total. The number of hydrogen-bond donors (Lipinski definition) is 1. The Morgan fingerprint density at radius 3 is 2.52 bits per heavy atom. The third-order valence-corrected chi connectivity index (χ3v) is 4.71. The van der Waals surface area contributed by atoms with Crippen molar-refractivity contribution in [1.82, 2.24) is 10.2 Å². The number of amides is 1. The van der Waals surface area contributed by atoms with Gasteiger partial charge < -0.3 is 15.0 Å². The minimum absolute atomic E-state index is 0.200. The molecule has 1 aromatic heterocycles. The van der Waals surface area contributed by atoms with E-state index < -0.39 is 5.82 Å². The van der Waals surface area contributed by atoms with Crippen molar-refractivity contribution in [3.63, 3.8) is 0 Å². The summed E-state index contributed by atoms with van der Waals surface area (Å²) in [6.07, 6.45) is 2.40. The van der Waals surface area contributed by atoms with Gasteiger partial charge in [-0.05, 0) is 49.2 Å². The molecule has 148 valence electrons. The number of anilines is 2. The van der Waals surface area contributed by atoms with Gasteiger partial charge in [-0.2, -0.15) is 0 Å². The van der Waals surface area contributed by atoms with E-state index in [0.717, 1.165) is 30.2 Å². The lowest BCUT2D eigenvalue weighted by Crippen LogP contribution is -2.20. The van der Waals surface area contributed by atoms with E-state index in [1.165, 1.54) is 31.0 Å². The predicted molar refractivity (Wildman–Crippen MR) is 109 cm³/mol. The molecular formula is C22H21FN4O2. The predicted octanol–water partition coefficient (Wildman–Crippen LogP) is 3.90. The SMILES string of the molecule is O=C(COc1cccc(F)c1)Nc1ccc(-c2ccc(N3CCCC3)nn2)cc1. The van der Waals surface area contributed by atoms with Crippen LogP contribution in [0.15, 0.2) is 60.7 Å². The third kappa shape index (κ3) is 4.87. The molecule has 0 unspecified atom stereocenters. The lowest BCUT2D eigenvalue weighted by atomic mass is 10.1. The van der Waals surface area contributed by atoms with Gasteiger partial charge in [0, 0.05) is 30.4 Å². The fourth-order valence-electron chi connectivity index (χ4n) is 3.22. The Bertz CT molecular complexity index is 971. The Labute approximate surface area is 168 Å². The number of halogens is 1. The first-order valence-corrected chi connectivity index (χ1v) is 9.55. The van der Waals surface area contributed by atoms with Gasteiger partial charge in [-0.15, -0.1) is 10.2 Å². The van der Waals surface area contributed by atoms with E-state index in [1.807, 2.05) is 24.3 Å². The summed E-state index contributed by atoms with van der Waals surface area (Å²) < 4.78 is 18.4. The molecule has 1 saturated heterocycles. The van der Waals surface area contributed by atoms with Crippen LogP contribution < -0.4 is 15.0 Å². The molecule has 0 radical (unpaired) electrons. The normalized spacial score (nSPS) is 13.3. The molecule has 3 aromatic rings. The lowest BCUT2D eigenvalue weighted by molar-refractivity contribution is -0.118. The molecule has 2 heterocycles. The molecule has 0 bridgehead atoms. The van der Waals surface area contributed by atoms with Crippen LogP contribution in [0.5, 0.6) is 5.75 Å². The zero-order chi connectivity index (χ0) is 20.1. The molecule has 0 saturated carbocycles. The summed E-state index contributed by atoms with van der Waals surface area (Å²) in [5.74, 6) is 0.492. The monoisotopic (exact) mass is 392 g/mol. The van der Waals surface area contributed by atoms with Gasteiger partial charge in [-0.25, -0.2) is 4.39 Å². The first kappa shape index (κ1) is 18.9. The van der Waals surface area contributed by atoms with Gasteiger partial charge in [-0.3, -0.25) is 4.79 Å². The largest absolute Gasteiger partial charge is 0.484 e. The molecule has 2 aromatic carbocycles. The van der Waals surface area contributed by atoms with Crippen LogP contribution in [0.4, 0.5) is 15.9 Å². The lowest BCUT2D eigenvalue weighted by Gasteiger charge is -2.15. The maximum absolute atomic E-state index is 13.1. The van der Waals surface area contributed by atoms with Gasteiger partial charge in [0.25, 0.3) is 5.91 Å². The van der Waals surface area contributed by atoms with E-state index >= 15 is 0 Å². The molecule has 7 heteroatoms. The number of aromatic nitrogens is 2. The number of nitrogens with zero attached hydrogens (tertiary/aromatic N) is 3. The van der Waals surface area contributed by atoms with Crippen molar-refractivity contribution in [2.24, 2.45) is 0 Å². The fourth-order valence-corrected chi connectivity index (χ4v) is 3.22. The van der Waals surface area contributed by atoms with Crippen LogP contribution in [0.2, 0.25) is 0 Å². The Hall–Kier alpha value is -3.48. The Morgan fingerprint density at radius 2 is 1.83 bits per heavy atom. The highest BCUT2D eigenvalue weighted by molar-refractivity contribution is 5.92. The molecule has 1 aliphatic rings. The number of hydrogen-bond acceptors (Lipinski definition) is 5. The smallest absolute Gasteiger partial charge is 0.262 e. The second kappa shape index (κ2) is 8.68. The first-order chi connectivity index (χ1) is 14.2. The topological polar surface area (TPSA) is 67.3 Å². The van der Waals surface area contributed by atoms with Crippen molar-refractivity contribution in [2.75, 3.05) is 29.9 Å². The van der Waals surface area contributed by atoms with Crippen molar-refractivity contribution >= 4 is 17.4 Å². The van der Waals surface area contributed by atoms with Crippen molar-refractivity contribution in [2.45, 2.75) is 12.8 Å². The molecule has 0 aliphatic carbocycles. The highest BCUT2D eigenvalue weighted by Gasteiger charge is 2.14. The zero-order valence-electron chi connectivity index (χ0n) is 15.8. The summed E-state index contributed by atoms with van der Waals surface area (Å²) >= 11 is 0. The highest BCUT2D eigenvalue weighted by Crippen LogP contribution is 2.22. The highest BCUT2D eigenvalue weighted by atomic mass is 19.1. The average Bonchev–Trinajstić information content (AvgIpc) is 3.28. The number of carbonyl (C=O) groups excluding carboxylic acids is 1. The first-order valence-electron chi connectivity index (χ1n) is 9.55. The summed E-state index contributed by atoms with van der Waals surface area (Å²) in [5, 5.41) is 11.4. The standard InChI is InChI=1S/C22H21FN4O2/c23-17-4-3-5-19(14-17)29-15-22(28)24-18-8-6-16(7-9-18)20-10-11-21(26-25-20)27-12-1-2-13-27/h3-11,14H,1-2,12-13,15H2,(H,24,28). The number of carbonyl (C=O) groups is 1. The van der Waals surface area contributed by atoms with Crippen molar-refractivity contribution < 1.29 is 13.9 Å². The zero-order valence-corrected chi connectivity index (χ0v) is 15.8. The van der Waals surface area contributed by atoms with E-state index in [2.05, 4.69) is 20.4 Å². The van der Waals surface area contributed by atoms with Gasteiger partial charge in [0.05, 0.1) is 5.69 Å². The molecule has 0 atom stereocenters. The Kier molecular flexibility index (Phi) is 5.65. The number of ether oxygens (including phenoxy) is 1. The van der Waals surface area contributed by atoms with Crippen LogP contribution in [-0.4, -0.2) is 35.8 Å². The maximum atomic E-state index is 13.1. The van der Waals surface area contributed by atoms with E-state index in [9.17, 15) is 9.18 Å². The minimum Gasteiger partial charge on any atom is -0.484 e. The van der Waals surface area contributed by atoms with E-state index in [1.54, 1.807) is 18.2 Å². The van der Waals surface area contributed by atoms with Crippen LogP contribution in [0.1, 0.15) is 12.8 Å². The van der Waals surface area contributed by atoms with Crippen LogP contribution in [-0.2, 0) is 4.79 Å². The van der Waals surface area contributed by atoms with E-state index in [4.69, 9.17) is 4.74 Å². The number of nitrogens with one attached hydrogen (secondary N) is 1. The molecule has 29 heavy (non-hydrogen) atoms. The molecule has 1 fully saturated rings. The molecule has 1 amide bonds. The number of benzene rings is 2. The second-order valence-corrected chi connectivity index (χ2v) is 6.84. The molecule has 1 N–H and O–H groups in total. The Morgan fingerprint density at radius 1 is 1.03 bits per heavy atom. The molecular weight excluding hydrogens is 371 g/mol. The maximum Gasteiger partial charge on any atom is 0.262 e. The Balaban J connectivity index is 1.33. The summed E-state index contributed by atoms with van der Waals surface area (Å²) in [7, 11) is 0. The van der Waals surface area contributed by atoms with Crippen molar-refractivity contribution in [3.05, 3.63) is 66.5 Å². The van der Waals surface area contributed by atoms with Gasteiger partial charge in [-0.1, -0.05) is 18.2 Å². The fraction of sp³-hybridized carbons (Fsp3) is 0.227. The average molecular weight is 392 g/mol. The molecule has 1 aliphatic heterocycles. The summed E-state index contributed by atoms with van der Waals surface area (Å²) in [6.45, 7) is 1.87. The second-order valence-electron chi connectivity index (χ2n) is 6.84. The van der Waals surface area contributed by atoms with Crippen LogP contribution in [0.3, 0.4) is 0 Å². The van der Waals surface area contributed by atoms with Crippen LogP contribution in [0.25, 0.3) is 11.3 Å². The molecule has 0 spiro atoms. The quantitative estimate of drug-likeness (QED) is 0.689. The molecule has 4 rings (SSSR count). The van der Waals surface area contributed by atoms with Gasteiger partial charge in [0.1, 0.15) is 11.6 Å². The van der Waals surface area contributed by atoms with Gasteiger partial charge >= 0.3 is 0 Å². The number of rotatable bonds is 6.